The molecule has 0 fully saturated rings. The second-order valence-electron chi connectivity index (χ2n) is 6.95. The van der Waals surface area contributed by atoms with Gasteiger partial charge >= 0.3 is 0 Å². The van der Waals surface area contributed by atoms with E-state index in [0.717, 1.165) is 0 Å². The van der Waals surface area contributed by atoms with Gasteiger partial charge in [-0.15, -0.1) is 0 Å². The molecule has 0 bridgehead atoms. The van der Waals surface area contributed by atoms with Gasteiger partial charge in [0.15, 0.2) is 19.7 Å². The van der Waals surface area contributed by atoms with Crippen LogP contribution < -0.4 is 0 Å². The van der Waals surface area contributed by atoms with Crippen molar-refractivity contribution in [1.82, 2.24) is 0 Å². The molecule has 0 aliphatic heterocycles. The van der Waals surface area contributed by atoms with Gasteiger partial charge in [0.1, 0.15) is 0 Å². The first-order valence-corrected chi connectivity index (χ1v) is 13.2. The number of sulfone groups is 2. The van der Waals surface area contributed by atoms with E-state index in [1.807, 2.05) is 0 Å². The molecule has 0 saturated carbocycles. The molecule has 14 heteroatoms. The van der Waals surface area contributed by atoms with Gasteiger partial charge < -0.3 is 10.2 Å². The smallest absolute Gasteiger partial charge is 0.179 e. The lowest BCUT2D eigenvalue weighted by Crippen LogP contribution is -2.10. The maximum Gasteiger partial charge on any atom is 0.179 e. The molecule has 12 nitrogen and oxygen atoms in total. The average molecular weight is 507 g/mol. The molecule has 0 radical (unpaired) electrons. The van der Waals surface area contributed by atoms with E-state index in [9.17, 15) is 16.8 Å². The van der Waals surface area contributed by atoms with Gasteiger partial charge in [0.2, 0.25) is 0 Å². The molecule has 2 aromatic carbocycles. The Hall–Kier alpha value is -3.38. The van der Waals surface area contributed by atoms with E-state index < -0.39 is 19.7 Å². The number of rotatable bonds is 12. The minimum absolute atomic E-state index is 0.00531. The van der Waals surface area contributed by atoms with Crippen molar-refractivity contribution in [3.63, 3.8) is 0 Å². The van der Waals surface area contributed by atoms with Crippen molar-refractivity contribution >= 4 is 43.2 Å². The zero-order valence-electron chi connectivity index (χ0n) is 17.9. The fourth-order valence-electron chi connectivity index (χ4n) is 3.00. The third kappa shape index (κ3) is 7.06. The standard InChI is InChI=1S/C20H22N6O6S2/c21-25-23-17-7-5-15(19(13-17)33(29,30)11-1-9-27)3-4-16-6-8-18(24-26-22)14-20(16)34(31,32)12-2-10-28/h3-8,13-14,27-28H,1-2,9-12H2. The molecule has 0 aromatic heterocycles. The summed E-state index contributed by atoms with van der Waals surface area (Å²) in [5.74, 6) is -0.683. The lowest BCUT2D eigenvalue weighted by atomic mass is 10.1. The van der Waals surface area contributed by atoms with Crippen LogP contribution >= 0.6 is 0 Å². The first kappa shape index (κ1) is 26.9. The molecule has 0 atom stereocenters. The molecule has 0 unspecified atom stereocenters. The number of aliphatic hydroxyl groups is 2. The summed E-state index contributed by atoms with van der Waals surface area (Å²) in [4.78, 5) is 5.03. The van der Waals surface area contributed by atoms with Crippen LogP contribution in [0.3, 0.4) is 0 Å². The highest BCUT2D eigenvalue weighted by Crippen LogP contribution is 2.29. The number of benzene rings is 2. The van der Waals surface area contributed by atoms with Crippen molar-refractivity contribution in [3.8, 4) is 0 Å². The lowest BCUT2D eigenvalue weighted by Gasteiger charge is -2.10. The van der Waals surface area contributed by atoms with Crippen LogP contribution in [-0.2, 0) is 19.7 Å². The normalized spacial score (nSPS) is 11.7. The van der Waals surface area contributed by atoms with E-state index in [1.54, 1.807) is 0 Å². The van der Waals surface area contributed by atoms with Crippen LogP contribution in [0.15, 0.2) is 56.4 Å². The molecular weight excluding hydrogens is 484 g/mol. The zero-order valence-corrected chi connectivity index (χ0v) is 19.5. The molecule has 34 heavy (non-hydrogen) atoms. The van der Waals surface area contributed by atoms with Gasteiger partial charge in [-0.3, -0.25) is 0 Å². The maximum absolute atomic E-state index is 12.8. The SMILES string of the molecule is [N-]=[N+]=Nc1ccc(C=Cc2ccc(N=[N+]=[N-])cc2S(=O)(=O)CCCO)c(S(=O)(=O)CCCO)c1. The predicted octanol–water partition coefficient (Wildman–Crippen LogP) is 4.05. The Morgan fingerprint density at radius 3 is 1.44 bits per heavy atom. The molecule has 0 amide bonds. The molecule has 0 aliphatic carbocycles. The van der Waals surface area contributed by atoms with Crippen molar-refractivity contribution in [1.29, 1.82) is 0 Å². The number of azide groups is 2. The average Bonchev–Trinajstić information content (AvgIpc) is 2.81. The summed E-state index contributed by atoms with van der Waals surface area (Å²) >= 11 is 0. The van der Waals surface area contributed by atoms with Gasteiger partial charge in [0, 0.05) is 34.4 Å². The Kier molecular flexibility index (Phi) is 9.63. The topological polar surface area (TPSA) is 206 Å². The summed E-state index contributed by atoms with van der Waals surface area (Å²) in [6, 6.07) is 8.06. The van der Waals surface area contributed by atoms with Crippen LogP contribution in [-0.4, -0.2) is 51.8 Å². The first-order valence-electron chi connectivity index (χ1n) is 9.92. The predicted molar refractivity (Wildman–Crippen MR) is 127 cm³/mol. The van der Waals surface area contributed by atoms with Gasteiger partial charge in [-0.2, -0.15) is 0 Å². The molecule has 0 aliphatic rings. The summed E-state index contributed by atoms with van der Waals surface area (Å²) in [7, 11) is -7.72. The molecule has 0 heterocycles. The number of aliphatic hydroxyl groups excluding tert-OH is 2. The molecule has 2 rings (SSSR count). The summed E-state index contributed by atoms with van der Waals surface area (Å²) < 4.78 is 51.2. The van der Waals surface area contributed by atoms with E-state index in [-0.39, 0.29) is 69.9 Å². The second-order valence-corrected chi connectivity index (χ2v) is 11.1. The first-order chi connectivity index (χ1) is 16.2. The quantitative estimate of drug-likeness (QED) is 0.188. The minimum atomic E-state index is -3.86. The van der Waals surface area contributed by atoms with Gasteiger partial charge in [-0.1, -0.05) is 46.6 Å². The zero-order chi connectivity index (χ0) is 25.2. The van der Waals surface area contributed by atoms with Crippen LogP contribution in [0.25, 0.3) is 33.0 Å². The van der Waals surface area contributed by atoms with Crippen molar-refractivity contribution < 1.29 is 27.0 Å². The summed E-state index contributed by atoms with van der Waals surface area (Å²) in [6.45, 7) is -0.653. The fourth-order valence-corrected chi connectivity index (χ4v) is 6.05. The summed E-state index contributed by atoms with van der Waals surface area (Å²) in [5, 5.41) is 24.9. The van der Waals surface area contributed by atoms with Crippen molar-refractivity contribution in [2.75, 3.05) is 24.7 Å². The van der Waals surface area contributed by atoms with Crippen LogP contribution in [0, 0.1) is 0 Å². The highest BCUT2D eigenvalue weighted by Gasteiger charge is 2.20. The second kappa shape index (κ2) is 12.2. The third-order valence-corrected chi connectivity index (χ3v) is 8.27. The molecule has 0 saturated heterocycles. The van der Waals surface area contributed by atoms with E-state index in [1.165, 1.54) is 48.6 Å². The Bertz CT molecular complexity index is 1270. The number of nitrogens with zero attached hydrogens (tertiary/aromatic N) is 6. The molecule has 2 aromatic rings. The Morgan fingerprint density at radius 1 is 0.735 bits per heavy atom. The number of hydrogen-bond donors (Lipinski definition) is 2. The molecular formula is C20H22N6O6S2. The van der Waals surface area contributed by atoms with E-state index in [4.69, 9.17) is 21.3 Å². The summed E-state index contributed by atoms with van der Waals surface area (Å²) in [6.07, 6.45) is 2.81. The van der Waals surface area contributed by atoms with Crippen LogP contribution in [0.2, 0.25) is 0 Å². The monoisotopic (exact) mass is 506 g/mol. The van der Waals surface area contributed by atoms with Crippen molar-refractivity contribution in [2.45, 2.75) is 22.6 Å². The Labute approximate surface area is 196 Å². The molecule has 2 N–H and O–H groups in total. The summed E-state index contributed by atoms with van der Waals surface area (Å²) in [5.41, 5.74) is 17.9. The van der Waals surface area contributed by atoms with Gasteiger partial charge in [0.25, 0.3) is 0 Å². The van der Waals surface area contributed by atoms with Crippen molar-refractivity contribution in [2.24, 2.45) is 10.2 Å². The van der Waals surface area contributed by atoms with Gasteiger partial charge in [-0.05, 0) is 47.2 Å². The van der Waals surface area contributed by atoms with Crippen molar-refractivity contribution in [3.05, 3.63) is 68.4 Å². The highest BCUT2D eigenvalue weighted by atomic mass is 32.2. The van der Waals surface area contributed by atoms with Crippen LogP contribution in [0.5, 0.6) is 0 Å². The van der Waals surface area contributed by atoms with Gasteiger partial charge in [0.05, 0.1) is 21.3 Å². The highest BCUT2D eigenvalue weighted by molar-refractivity contribution is 7.91. The van der Waals surface area contributed by atoms with Crippen LogP contribution in [0.1, 0.15) is 24.0 Å². The van der Waals surface area contributed by atoms with E-state index in [0.29, 0.717) is 0 Å². The van der Waals surface area contributed by atoms with E-state index in [2.05, 4.69) is 20.1 Å². The largest absolute Gasteiger partial charge is 0.396 e. The Balaban J connectivity index is 2.64. The van der Waals surface area contributed by atoms with Gasteiger partial charge in [-0.25, -0.2) is 16.8 Å². The fraction of sp³-hybridized carbons (Fsp3) is 0.300. The maximum atomic E-state index is 12.8. The molecule has 180 valence electrons. The number of hydrogen-bond acceptors (Lipinski definition) is 8. The molecule has 0 spiro atoms. The Morgan fingerprint density at radius 2 is 1.12 bits per heavy atom. The van der Waals surface area contributed by atoms with Crippen LogP contribution in [0.4, 0.5) is 11.4 Å². The van der Waals surface area contributed by atoms with E-state index >= 15 is 0 Å². The minimum Gasteiger partial charge on any atom is -0.396 e. The third-order valence-electron chi connectivity index (χ3n) is 4.57. The lowest BCUT2D eigenvalue weighted by molar-refractivity contribution is 0.295.